The van der Waals surface area contributed by atoms with E-state index in [1.807, 2.05) is 13.8 Å². The Morgan fingerprint density at radius 2 is 1.90 bits per heavy atom. The molecule has 0 saturated heterocycles. The van der Waals surface area contributed by atoms with Gasteiger partial charge < -0.3 is 18.9 Å². The minimum absolute atomic E-state index is 0.205. The molecule has 21 heavy (non-hydrogen) atoms. The molecule has 118 valence electrons. The predicted octanol–water partition coefficient (Wildman–Crippen LogP) is 3.67. The van der Waals surface area contributed by atoms with Gasteiger partial charge in [0, 0.05) is 17.7 Å². The number of methoxy groups -OCH3 is 1. The summed E-state index contributed by atoms with van der Waals surface area (Å²) < 4.78 is 21.6. The number of esters is 1. The van der Waals surface area contributed by atoms with E-state index in [-0.39, 0.29) is 17.2 Å². The number of carbonyl (C=O) groups is 1. The number of halogens is 2. The topological polar surface area (TPSA) is 54.0 Å². The van der Waals surface area contributed by atoms with Crippen LogP contribution in [0.4, 0.5) is 0 Å². The summed E-state index contributed by atoms with van der Waals surface area (Å²) in [5.41, 5.74) is 0.230. The van der Waals surface area contributed by atoms with E-state index in [2.05, 4.69) is 20.7 Å². The van der Waals surface area contributed by atoms with Gasteiger partial charge in [0.25, 0.3) is 0 Å². The van der Waals surface area contributed by atoms with Crippen molar-refractivity contribution in [2.24, 2.45) is 0 Å². The van der Waals surface area contributed by atoms with Crippen molar-refractivity contribution < 1.29 is 23.7 Å². The van der Waals surface area contributed by atoms with Crippen LogP contribution in [0.5, 0.6) is 5.75 Å². The van der Waals surface area contributed by atoms with Crippen molar-refractivity contribution in [1.29, 1.82) is 0 Å². The Kier molecular flexibility index (Phi) is 8.03. The summed E-state index contributed by atoms with van der Waals surface area (Å²) in [4.78, 5) is 11.6. The van der Waals surface area contributed by atoms with Gasteiger partial charge in [0.1, 0.15) is 12.4 Å². The third-order valence-corrected chi connectivity index (χ3v) is 3.76. The molecule has 0 aliphatic rings. The summed E-state index contributed by atoms with van der Waals surface area (Å²) in [7, 11) is 1.29. The highest BCUT2D eigenvalue weighted by molar-refractivity contribution is 9.10. The van der Waals surface area contributed by atoms with Gasteiger partial charge in [-0.05, 0) is 41.9 Å². The molecule has 0 bridgehead atoms. The highest BCUT2D eigenvalue weighted by Crippen LogP contribution is 2.31. The largest absolute Gasteiger partial charge is 0.488 e. The smallest absolute Gasteiger partial charge is 0.339 e. The fourth-order valence-corrected chi connectivity index (χ4v) is 2.21. The molecule has 0 aliphatic heterocycles. The van der Waals surface area contributed by atoms with Crippen molar-refractivity contribution in [1.82, 2.24) is 0 Å². The Bertz CT molecular complexity index is 475. The van der Waals surface area contributed by atoms with Gasteiger partial charge in [0.15, 0.2) is 6.29 Å². The van der Waals surface area contributed by atoms with Crippen molar-refractivity contribution in [2.45, 2.75) is 20.1 Å². The first kappa shape index (κ1) is 18.2. The number of rotatable bonds is 8. The van der Waals surface area contributed by atoms with E-state index in [1.54, 1.807) is 6.07 Å². The van der Waals surface area contributed by atoms with Crippen LogP contribution in [0.25, 0.3) is 0 Å². The molecule has 0 spiro atoms. The molecular formula is C14H18BrClO5. The predicted molar refractivity (Wildman–Crippen MR) is 83.0 cm³/mol. The molecule has 0 heterocycles. The van der Waals surface area contributed by atoms with E-state index < -0.39 is 12.3 Å². The maximum Gasteiger partial charge on any atom is 0.339 e. The third-order valence-electron chi connectivity index (χ3n) is 2.50. The minimum atomic E-state index is -0.530. The van der Waals surface area contributed by atoms with E-state index >= 15 is 0 Å². The van der Waals surface area contributed by atoms with E-state index in [9.17, 15) is 4.79 Å². The molecule has 0 aliphatic carbocycles. The zero-order valence-corrected chi connectivity index (χ0v) is 14.5. The SMILES string of the molecule is CCOC(COc1cc(Br)c(Cl)c(C(=O)OC)c1)OCC. The maximum atomic E-state index is 11.6. The van der Waals surface area contributed by atoms with E-state index in [1.165, 1.54) is 13.2 Å². The van der Waals surface area contributed by atoms with Crippen molar-refractivity contribution in [3.05, 3.63) is 27.2 Å². The first-order chi connectivity index (χ1) is 10.0. The van der Waals surface area contributed by atoms with Gasteiger partial charge in [-0.3, -0.25) is 0 Å². The summed E-state index contributed by atoms with van der Waals surface area (Å²) in [5, 5.41) is 0.278. The molecular weight excluding hydrogens is 364 g/mol. The summed E-state index contributed by atoms with van der Waals surface area (Å²) in [6.07, 6.45) is -0.462. The second kappa shape index (κ2) is 9.25. The maximum absolute atomic E-state index is 11.6. The lowest BCUT2D eigenvalue weighted by molar-refractivity contribution is -0.152. The molecule has 1 aromatic rings. The van der Waals surface area contributed by atoms with Gasteiger partial charge in [-0.2, -0.15) is 0 Å². The molecule has 1 rings (SSSR count). The highest BCUT2D eigenvalue weighted by Gasteiger charge is 2.16. The van der Waals surface area contributed by atoms with Crippen LogP contribution in [0.1, 0.15) is 24.2 Å². The van der Waals surface area contributed by atoms with Gasteiger partial charge in [-0.25, -0.2) is 4.79 Å². The molecule has 0 amide bonds. The minimum Gasteiger partial charge on any atom is -0.488 e. The number of carbonyl (C=O) groups excluding carboxylic acids is 1. The normalized spacial score (nSPS) is 10.8. The Balaban J connectivity index is 2.83. The fourth-order valence-electron chi connectivity index (χ4n) is 1.59. The summed E-state index contributed by atoms with van der Waals surface area (Å²) >= 11 is 9.33. The second-order valence-electron chi connectivity index (χ2n) is 3.91. The van der Waals surface area contributed by atoms with Crippen LogP contribution in [0.2, 0.25) is 5.02 Å². The molecule has 0 saturated carbocycles. The average Bonchev–Trinajstić information content (AvgIpc) is 2.47. The average molecular weight is 382 g/mol. The van der Waals surface area contributed by atoms with Crippen molar-refractivity contribution in [3.63, 3.8) is 0 Å². The van der Waals surface area contributed by atoms with Gasteiger partial charge >= 0.3 is 5.97 Å². The molecule has 7 heteroatoms. The van der Waals surface area contributed by atoms with Crippen LogP contribution >= 0.6 is 27.5 Å². The number of hydrogen-bond donors (Lipinski definition) is 0. The Labute approximate surface area is 137 Å². The summed E-state index contributed by atoms with van der Waals surface area (Å²) in [6, 6.07) is 3.19. The standard InChI is InChI=1S/C14H18BrClO5/c1-4-19-12(20-5-2)8-21-9-6-10(14(17)18-3)13(16)11(15)7-9/h6-7,12H,4-5,8H2,1-3H3. The number of hydrogen-bond acceptors (Lipinski definition) is 5. The van der Waals surface area contributed by atoms with Crippen LogP contribution < -0.4 is 4.74 Å². The van der Waals surface area contributed by atoms with Gasteiger partial charge in [0.05, 0.1) is 17.7 Å². The van der Waals surface area contributed by atoms with E-state index in [4.69, 9.17) is 25.8 Å². The summed E-state index contributed by atoms with van der Waals surface area (Å²) in [5.74, 6) is -0.0617. The lowest BCUT2D eigenvalue weighted by Gasteiger charge is -2.18. The second-order valence-corrected chi connectivity index (χ2v) is 5.14. The molecule has 0 fully saturated rings. The number of ether oxygens (including phenoxy) is 4. The van der Waals surface area contributed by atoms with Crippen molar-refractivity contribution in [3.8, 4) is 5.75 Å². The fraction of sp³-hybridized carbons (Fsp3) is 0.500. The zero-order chi connectivity index (χ0) is 15.8. The monoisotopic (exact) mass is 380 g/mol. The molecule has 5 nitrogen and oxygen atoms in total. The molecule has 0 unspecified atom stereocenters. The van der Waals surface area contributed by atoms with Crippen LogP contribution in [-0.2, 0) is 14.2 Å². The first-order valence-electron chi connectivity index (χ1n) is 6.46. The van der Waals surface area contributed by atoms with Crippen LogP contribution in [0, 0.1) is 0 Å². The number of benzene rings is 1. The Hall–Kier alpha value is -0.820. The molecule has 0 atom stereocenters. The molecule has 0 aromatic heterocycles. The molecule has 1 aromatic carbocycles. The molecule has 0 N–H and O–H groups in total. The van der Waals surface area contributed by atoms with Crippen LogP contribution in [-0.4, -0.2) is 39.2 Å². The van der Waals surface area contributed by atoms with Gasteiger partial charge in [0.2, 0.25) is 0 Å². The Morgan fingerprint density at radius 1 is 1.29 bits per heavy atom. The van der Waals surface area contributed by atoms with Crippen molar-refractivity contribution in [2.75, 3.05) is 26.9 Å². The van der Waals surface area contributed by atoms with Gasteiger partial charge in [-0.15, -0.1) is 0 Å². The quantitative estimate of drug-likeness (QED) is 0.508. The first-order valence-corrected chi connectivity index (χ1v) is 7.63. The van der Waals surface area contributed by atoms with E-state index in [0.717, 1.165) is 0 Å². The lowest BCUT2D eigenvalue weighted by Crippen LogP contribution is -2.25. The van der Waals surface area contributed by atoms with Crippen LogP contribution in [0.15, 0.2) is 16.6 Å². The lowest BCUT2D eigenvalue weighted by atomic mass is 10.2. The zero-order valence-electron chi connectivity index (χ0n) is 12.2. The molecule has 0 radical (unpaired) electrons. The Morgan fingerprint density at radius 3 is 2.43 bits per heavy atom. The highest BCUT2D eigenvalue weighted by atomic mass is 79.9. The third kappa shape index (κ3) is 5.47. The summed E-state index contributed by atoms with van der Waals surface area (Å²) in [6.45, 7) is 4.99. The van der Waals surface area contributed by atoms with Gasteiger partial charge in [-0.1, -0.05) is 11.6 Å². The van der Waals surface area contributed by atoms with Crippen LogP contribution in [0.3, 0.4) is 0 Å². The van der Waals surface area contributed by atoms with Crippen molar-refractivity contribution >= 4 is 33.5 Å². The van der Waals surface area contributed by atoms with E-state index in [0.29, 0.717) is 23.4 Å².